The molecule has 0 saturated carbocycles. The number of nitrogens with zero attached hydrogens (tertiary/aromatic N) is 5. The van der Waals surface area contributed by atoms with Gasteiger partial charge in [-0.3, -0.25) is 0 Å². The Morgan fingerprint density at radius 1 is 1.25 bits per heavy atom. The van der Waals surface area contributed by atoms with Crippen molar-refractivity contribution in [1.82, 2.24) is 24.9 Å². The summed E-state index contributed by atoms with van der Waals surface area (Å²) in [6, 6.07) is 5.65. The van der Waals surface area contributed by atoms with Gasteiger partial charge in [0, 0.05) is 17.5 Å². The van der Waals surface area contributed by atoms with E-state index in [-0.39, 0.29) is 0 Å². The van der Waals surface area contributed by atoms with E-state index in [1.54, 1.807) is 0 Å². The number of anilines is 1. The molecule has 12 heteroatoms. The molecule has 4 rings (SSSR count). The summed E-state index contributed by atoms with van der Waals surface area (Å²) in [5.74, 6) is 0.326. The third-order valence-corrected chi connectivity index (χ3v) is 5.22. The molecular weight excluding hydrogens is 408 g/mol. The van der Waals surface area contributed by atoms with Crippen LogP contribution < -0.4 is 10.7 Å². The van der Waals surface area contributed by atoms with Crippen LogP contribution in [0.15, 0.2) is 34.0 Å². The van der Waals surface area contributed by atoms with Gasteiger partial charge in [-0.2, -0.15) is 0 Å². The standard InChI is InChI=1S/C12H6ClN6S2.2O.Ti/c13-5-2-1-3-6-8(5)20-12(17-6)21-11-18-7-9(14)15-4-16-10(7)19-11;;;/h1-4H,(H2-,14,15,16,18,19);;;/q-1;;;. The third kappa shape index (κ3) is 3.57. The number of thiazole rings is 1. The fourth-order valence-corrected chi connectivity index (χ4v) is 4.04. The van der Waals surface area contributed by atoms with Crippen molar-refractivity contribution in [3.05, 3.63) is 29.5 Å². The molecule has 4 aromatic rings. The Labute approximate surface area is 156 Å². The Bertz CT molecular complexity index is 984. The second kappa shape index (κ2) is 7.54. The monoisotopic (exact) mass is 413 g/mol. The Kier molecular flexibility index (Phi) is 5.41. The SMILES string of the molecule is Nc1ncnc2[n-]c(Sc3nc4cccc(Cl)c4s3)nc12.[O]=[Ti]=[O]. The van der Waals surface area contributed by atoms with Crippen LogP contribution in [-0.4, -0.2) is 19.9 Å². The Morgan fingerprint density at radius 2 is 2.04 bits per heavy atom. The molecule has 0 bridgehead atoms. The number of fused-ring (bicyclic) bond motifs is 2. The first-order valence-corrected chi connectivity index (χ1v) is 9.54. The van der Waals surface area contributed by atoms with Crippen molar-refractivity contribution in [3.63, 3.8) is 0 Å². The van der Waals surface area contributed by atoms with Crippen molar-refractivity contribution < 1.29 is 25.7 Å². The number of hydrogen-bond acceptors (Lipinski definition) is 9. The second-order valence-corrected chi connectivity index (χ2v) is 7.07. The van der Waals surface area contributed by atoms with Gasteiger partial charge in [0.2, 0.25) is 0 Å². The van der Waals surface area contributed by atoms with Gasteiger partial charge in [-0.1, -0.05) is 29.4 Å². The van der Waals surface area contributed by atoms with Crippen LogP contribution in [0.25, 0.3) is 21.4 Å². The van der Waals surface area contributed by atoms with Crippen molar-refractivity contribution >= 4 is 61.9 Å². The van der Waals surface area contributed by atoms with Crippen molar-refractivity contribution in [2.45, 2.75) is 9.50 Å². The number of nitrogen functional groups attached to an aromatic ring is 1. The number of benzene rings is 1. The molecule has 0 spiro atoms. The molecule has 0 aliphatic heterocycles. The van der Waals surface area contributed by atoms with Crippen molar-refractivity contribution in [3.8, 4) is 0 Å². The molecule has 3 heterocycles. The number of imidazole rings is 1. The molecule has 0 aliphatic rings. The molecule has 24 heavy (non-hydrogen) atoms. The quantitative estimate of drug-likeness (QED) is 0.493. The van der Waals surface area contributed by atoms with Crippen LogP contribution in [0.2, 0.25) is 5.02 Å². The molecule has 0 radical (unpaired) electrons. The second-order valence-electron chi connectivity index (χ2n) is 4.19. The predicted molar refractivity (Wildman–Crippen MR) is 85.2 cm³/mol. The van der Waals surface area contributed by atoms with Gasteiger partial charge in [0.15, 0.2) is 4.34 Å². The number of nitrogens with two attached hydrogens (primary N) is 1. The average Bonchev–Trinajstić information content (AvgIpc) is 3.13. The average molecular weight is 414 g/mol. The summed E-state index contributed by atoms with van der Waals surface area (Å²) in [6.07, 6.45) is 1.37. The van der Waals surface area contributed by atoms with Gasteiger partial charge in [-0.05, 0) is 12.1 Å². The number of rotatable bonds is 2. The van der Waals surface area contributed by atoms with E-state index in [1.165, 1.54) is 29.4 Å². The summed E-state index contributed by atoms with van der Waals surface area (Å²) in [5.41, 5.74) is 7.62. The molecule has 0 fully saturated rings. The van der Waals surface area contributed by atoms with E-state index in [0.29, 0.717) is 27.2 Å². The summed E-state index contributed by atoms with van der Waals surface area (Å²) in [7, 11) is 0. The van der Waals surface area contributed by atoms with E-state index < -0.39 is 19.1 Å². The van der Waals surface area contributed by atoms with Crippen molar-refractivity contribution in [2.24, 2.45) is 0 Å². The third-order valence-electron chi connectivity index (χ3n) is 2.77. The Morgan fingerprint density at radius 3 is 2.75 bits per heavy atom. The van der Waals surface area contributed by atoms with E-state index in [2.05, 4.69) is 24.9 Å². The van der Waals surface area contributed by atoms with Gasteiger partial charge in [-0.15, -0.1) is 11.3 Å². The van der Waals surface area contributed by atoms with Crippen LogP contribution in [-0.2, 0) is 25.7 Å². The first kappa shape index (κ1) is 17.2. The fraction of sp³-hybridized carbons (Fsp3) is 0. The van der Waals surface area contributed by atoms with Gasteiger partial charge in [0.25, 0.3) is 0 Å². The van der Waals surface area contributed by atoms with E-state index >= 15 is 0 Å². The number of aromatic nitrogens is 5. The molecule has 8 nitrogen and oxygen atoms in total. The van der Waals surface area contributed by atoms with Crippen molar-refractivity contribution in [1.29, 1.82) is 0 Å². The first-order chi connectivity index (χ1) is 11.6. The normalized spacial score (nSPS) is 10.4. The molecule has 120 valence electrons. The zero-order valence-corrected chi connectivity index (χ0v) is 15.6. The van der Waals surface area contributed by atoms with Crippen LogP contribution in [0.1, 0.15) is 0 Å². The molecule has 2 N–H and O–H groups in total. The minimum atomic E-state index is -2.00. The van der Waals surface area contributed by atoms with Gasteiger partial charge < -0.3 is 20.7 Å². The summed E-state index contributed by atoms with van der Waals surface area (Å²) >= 11 is 7.02. The predicted octanol–water partition coefficient (Wildman–Crippen LogP) is 2.74. The Balaban J connectivity index is 0.000000526. The first-order valence-electron chi connectivity index (χ1n) is 6.25. The zero-order valence-electron chi connectivity index (χ0n) is 11.6. The van der Waals surface area contributed by atoms with E-state index in [4.69, 9.17) is 24.0 Å². The van der Waals surface area contributed by atoms with E-state index in [9.17, 15) is 0 Å². The maximum atomic E-state index is 8.50. The molecular formula is C12H6ClN6O2S2Ti-. The van der Waals surface area contributed by atoms with E-state index in [1.807, 2.05) is 18.2 Å². The fourth-order valence-electron chi connectivity index (χ4n) is 1.85. The molecule has 1 aromatic carbocycles. The van der Waals surface area contributed by atoms with Gasteiger partial charge in [0.05, 0.1) is 20.4 Å². The van der Waals surface area contributed by atoms with E-state index in [0.717, 1.165) is 14.6 Å². The number of halogens is 1. The summed E-state index contributed by atoms with van der Waals surface area (Å²) in [5, 5.41) is 1.24. The van der Waals surface area contributed by atoms with Crippen molar-refractivity contribution in [2.75, 3.05) is 5.73 Å². The van der Waals surface area contributed by atoms with Crippen LogP contribution >= 0.6 is 34.7 Å². The molecule has 0 amide bonds. The van der Waals surface area contributed by atoms with Crippen LogP contribution in [0.4, 0.5) is 5.82 Å². The topological polar surface area (TPSA) is 126 Å². The summed E-state index contributed by atoms with van der Waals surface area (Å²) < 4.78 is 18.8. The summed E-state index contributed by atoms with van der Waals surface area (Å²) in [6.45, 7) is 0. The van der Waals surface area contributed by atoms with Gasteiger partial charge in [0.1, 0.15) is 5.82 Å². The summed E-state index contributed by atoms with van der Waals surface area (Å²) in [4.78, 5) is 21.1. The van der Waals surface area contributed by atoms with Gasteiger partial charge in [-0.25, -0.2) is 9.97 Å². The molecule has 0 atom stereocenters. The van der Waals surface area contributed by atoms with Gasteiger partial charge >= 0.3 is 25.7 Å². The van der Waals surface area contributed by atoms with Crippen LogP contribution in [0.5, 0.6) is 0 Å². The molecule has 0 saturated heterocycles. The van der Waals surface area contributed by atoms with Crippen LogP contribution in [0, 0.1) is 0 Å². The molecule has 0 unspecified atom stereocenters. The zero-order chi connectivity index (χ0) is 17.1. The molecule has 0 aliphatic carbocycles. The number of hydrogen-bond donors (Lipinski definition) is 1. The van der Waals surface area contributed by atoms with Crippen LogP contribution in [0.3, 0.4) is 0 Å². The Hall–Kier alpha value is -1.59. The minimum absolute atomic E-state index is 0.326. The maximum absolute atomic E-state index is 8.50. The molecule has 3 aromatic heterocycles.